The first kappa shape index (κ1) is 17.9. The van der Waals surface area contributed by atoms with E-state index in [1.54, 1.807) is 20.8 Å². The molecule has 1 unspecified atom stereocenters. The number of nitrogens with zero attached hydrogens (tertiary/aromatic N) is 1. The van der Waals surface area contributed by atoms with Crippen LogP contribution in [-0.2, 0) is 9.53 Å². The van der Waals surface area contributed by atoms with Crippen molar-refractivity contribution < 1.29 is 28.2 Å². The van der Waals surface area contributed by atoms with Crippen LogP contribution in [0.5, 0.6) is 0 Å². The van der Waals surface area contributed by atoms with Gasteiger partial charge in [-0.25, -0.2) is 13.6 Å². The molecule has 1 saturated heterocycles. The molecule has 1 atom stereocenters. The van der Waals surface area contributed by atoms with E-state index in [1.807, 2.05) is 0 Å². The summed E-state index contributed by atoms with van der Waals surface area (Å²) >= 11 is 0. The zero-order chi connectivity index (χ0) is 17.5. The van der Waals surface area contributed by atoms with Crippen molar-refractivity contribution in [3.8, 4) is 0 Å². The molecule has 2 fully saturated rings. The van der Waals surface area contributed by atoms with Crippen LogP contribution in [0.15, 0.2) is 0 Å². The third kappa shape index (κ3) is 4.12. The van der Waals surface area contributed by atoms with Crippen LogP contribution in [-0.4, -0.2) is 45.7 Å². The van der Waals surface area contributed by atoms with Gasteiger partial charge in [0.1, 0.15) is 5.60 Å². The Kier molecular flexibility index (Phi) is 4.61. The predicted octanol–water partition coefficient (Wildman–Crippen LogP) is 3.67. The summed E-state index contributed by atoms with van der Waals surface area (Å²) in [6.07, 6.45) is 0.0544. The largest absolute Gasteiger partial charge is 0.481 e. The van der Waals surface area contributed by atoms with Gasteiger partial charge in [-0.2, -0.15) is 0 Å². The van der Waals surface area contributed by atoms with Gasteiger partial charge in [0.05, 0.1) is 5.92 Å². The van der Waals surface area contributed by atoms with Crippen LogP contribution in [0.2, 0.25) is 0 Å². The van der Waals surface area contributed by atoms with Crippen LogP contribution < -0.4 is 0 Å². The molecule has 1 amide bonds. The zero-order valence-electron chi connectivity index (χ0n) is 13.9. The van der Waals surface area contributed by atoms with Crippen molar-refractivity contribution in [2.24, 2.45) is 5.92 Å². The quantitative estimate of drug-likeness (QED) is 0.795. The summed E-state index contributed by atoms with van der Waals surface area (Å²) in [5.41, 5.74) is -1.41. The first-order valence-corrected chi connectivity index (χ1v) is 8.05. The lowest BCUT2D eigenvalue weighted by molar-refractivity contribution is -0.148. The molecule has 1 aliphatic heterocycles. The third-order valence-corrected chi connectivity index (χ3v) is 4.81. The molecule has 2 aliphatic rings. The molecular weight excluding hydrogens is 308 g/mol. The van der Waals surface area contributed by atoms with Gasteiger partial charge in [0.15, 0.2) is 0 Å². The smallest absolute Gasteiger partial charge is 0.410 e. The first-order chi connectivity index (χ1) is 10.4. The molecule has 7 heteroatoms. The van der Waals surface area contributed by atoms with Gasteiger partial charge in [-0.15, -0.1) is 0 Å². The maximum Gasteiger partial charge on any atom is 0.410 e. The standard InChI is InChI=1S/C16H25F2NO4/c1-14(2,3)23-13(22)19-10-11(12(20)21)4-5-15(19)6-8-16(17,18)9-7-15/h11H,4-10H2,1-3H3,(H,20,21). The molecule has 0 radical (unpaired) electrons. The van der Waals surface area contributed by atoms with Crippen molar-refractivity contribution in [3.63, 3.8) is 0 Å². The Morgan fingerprint density at radius 1 is 1.13 bits per heavy atom. The molecule has 23 heavy (non-hydrogen) atoms. The molecule has 132 valence electrons. The molecule has 0 aromatic heterocycles. The van der Waals surface area contributed by atoms with E-state index < -0.39 is 35.0 Å². The van der Waals surface area contributed by atoms with E-state index in [-0.39, 0.29) is 32.2 Å². The summed E-state index contributed by atoms with van der Waals surface area (Å²) in [4.78, 5) is 25.2. The highest BCUT2D eigenvalue weighted by atomic mass is 19.3. The van der Waals surface area contributed by atoms with Gasteiger partial charge in [0.2, 0.25) is 5.92 Å². The maximum absolute atomic E-state index is 13.5. The number of aliphatic carboxylic acids is 1. The minimum atomic E-state index is -2.70. The van der Waals surface area contributed by atoms with E-state index >= 15 is 0 Å². The fourth-order valence-electron chi connectivity index (χ4n) is 3.47. The summed E-state index contributed by atoms with van der Waals surface area (Å²) < 4.78 is 32.4. The number of alkyl halides is 2. The molecule has 1 saturated carbocycles. The van der Waals surface area contributed by atoms with Crippen LogP contribution in [0.4, 0.5) is 13.6 Å². The monoisotopic (exact) mass is 333 g/mol. The Balaban J connectivity index is 2.22. The number of piperidine rings is 1. The Hall–Kier alpha value is -1.40. The lowest BCUT2D eigenvalue weighted by Gasteiger charge is -2.51. The first-order valence-electron chi connectivity index (χ1n) is 8.05. The van der Waals surface area contributed by atoms with Crippen LogP contribution in [0.3, 0.4) is 0 Å². The molecular formula is C16H25F2NO4. The van der Waals surface area contributed by atoms with Crippen LogP contribution in [0.1, 0.15) is 59.3 Å². The third-order valence-electron chi connectivity index (χ3n) is 4.81. The second-order valence-corrected chi connectivity index (χ2v) is 7.75. The van der Waals surface area contributed by atoms with Gasteiger partial charge in [-0.3, -0.25) is 4.79 Å². The fourth-order valence-corrected chi connectivity index (χ4v) is 3.47. The molecule has 0 aromatic carbocycles. The normalized spacial score (nSPS) is 26.8. The van der Waals surface area contributed by atoms with Gasteiger partial charge in [0.25, 0.3) is 0 Å². The Bertz CT molecular complexity index is 477. The number of carboxylic acid groups (broad SMARTS) is 1. The van der Waals surface area contributed by atoms with E-state index in [0.717, 1.165) is 0 Å². The highest BCUT2D eigenvalue weighted by Crippen LogP contribution is 2.47. The average molecular weight is 333 g/mol. The number of hydrogen-bond acceptors (Lipinski definition) is 3. The van der Waals surface area contributed by atoms with Gasteiger partial charge in [-0.1, -0.05) is 0 Å². The number of carboxylic acids is 1. The topological polar surface area (TPSA) is 66.8 Å². The van der Waals surface area contributed by atoms with Gasteiger partial charge in [-0.05, 0) is 46.5 Å². The van der Waals surface area contributed by atoms with Crippen molar-refractivity contribution in [1.82, 2.24) is 4.90 Å². The van der Waals surface area contributed by atoms with E-state index in [4.69, 9.17) is 4.74 Å². The summed E-state index contributed by atoms with van der Waals surface area (Å²) in [5, 5.41) is 9.24. The zero-order valence-corrected chi connectivity index (χ0v) is 13.9. The summed E-state index contributed by atoms with van der Waals surface area (Å²) in [6.45, 7) is 5.21. The number of amides is 1. The number of hydrogen-bond donors (Lipinski definition) is 1. The van der Waals surface area contributed by atoms with Gasteiger partial charge >= 0.3 is 12.1 Å². The predicted molar refractivity (Wildman–Crippen MR) is 79.4 cm³/mol. The number of halogens is 2. The molecule has 2 rings (SSSR count). The SMILES string of the molecule is CC(C)(C)OC(=O)N1CC(C(=O)O)CCC12CCC(F)(F)CC2. The number of carbonyl (C=O) groups is 2. The highest BCUT2D eigenvalue weighted by Gasteiger charge is 2.52. The van der Waals surface area contributed by atoms with Crippen molar-refractivity contribution >= 4 is 12.1 Å². The van der Waals surface area contributed by atoms with E-state index in [0.29, 0.717) is 12.8 Å². The second-order valence-electron chi connectivity index (χ2n) is 7.75. The molecule has 1 N–H and O–H groups in total. The molecule has 1 aliphatic carbocycles. The number of ether oxygens (including phenoxy) is 1. The summed E-state index contributed by atoms with van der Waals surface area (Å²) in [7, 11) is 0. The fraction of sp³-hybridized carbons (Fsp3) is 0.875. The average Bonchev–Trinajstić information content (AvgIpc) is 2.40. The Morgan fingerprint density at radius 2 is 1.70 bits per heavy atom. The molecule has 1 heterocycles. The minimum absolute atomic E-state index is 0.0236. The van der Waals surface area contributed by atoms with Gasteiger partial charge < -0.3 is 14.7 Å². The van der Waals surface area contributed by atoms with Crippen molar-refractivity contribution in [3.05, 3.63) is 0 Å². The molecule has 0 aromatic rings. The summed E-state index contributed by atoms with van der Waals surface area (Å²) in [5.74, 6) is -4.33. The van der Waals surface area contributed by atoms with E-state index in [2.05, 4.69) is 0 Å². The molecule has 0 bridgehead atoms. The van der Waals surface area contributed by atoms with Crippen LogP contribution in [0.25, 0.3) is 0 Å². The maximum atomic E-state index is 13.5. The summed E-state index contributed by atoms with van der Waals surface area (Å²) in [6, 6.07) is 0. The van der Waals surface area contributed by atoms with E-state index in [9.17, 15) is 23.5 Å². The Morgan fingerprint density at radius 3 is 2.17 bits per heavy atom. The molecule has 5 nitrogen and oxygen atoms in total. The number of rotatable bonds is 1. The lowest BCUT2D eigenvalue weighted by atomic mass is 9.72. The minimum Gasteiger partial charge on any atom is -0.481 e. The van der Waals surface area contributed by atoms with Crippen molar-refractivity contribution in [2.75, 3.05) is 6.54 Å². The van der Waals surface area contributed by atoms with E-state index in [1.165, 1.54) is 4.90 Å². The van der Waals surface area contributed by atoms with Crippen LogP contribution in [0, 0.1) is 5.92 Å². The van der Waals surface area contributed by atoms with Crippen molar-refractivity contribution in [2.45, 2.75) is 76.4 Å². The number of carbonyl (C=O) groups excluding carboxylic acids is 1. The van der Waals surface area contributed by atoms with Gasteiger partial charge in [0, 0.05) is 24.9 Å². The number of likely N-dealkylation sites (tertiary alicyclic amines) is 1. The van der Waals surface area contributed by atoms with Crippen LogP contribution >= 0.6 is 0 Å². The Labute approximate surface area is 135 Å². The molecule has 1 spiro atoms. The van der Waals surface area contributed by atoms with Crippen molar-refractivity contribution in [1.29, 1.82) is 0 Å². The second kappa shape index (κ2) is 5.91. The lowest BCUT2D eigenvalue weighted by Crippen LogP contribution is -2.60. The highest BCUT2D eigenvalue weighted by molar-refractivity contribution is 5.74.